The molecule has 0 aliphatic carbocycles. The molecule has 2 heterocycles. The normalized spacial score (nSPS) is 13.1. The van der Waals surface area contributed by atoms with Crippen molar-refractivity contribution >= 4 is 17.3 Å². The van der Waals surface area contributed by atoms with E-state index in [1.54, 1.807) is 35.9 Å². The van der Waals surface area contributed by atoms with Crippen molar-refractivity contribution in [1.29, 1.82) is 0 Å². The highest BCUT2D eigenvalue weighted by Crippen LogP contribution is 2.18. The van der Waals surface area contributed by atoms with Crippen molar-refractivity contribution in [3.05, 3.63) is 46.2 Å². The molecule has 3 N–H and O–H groups in total. The maximum atomic E-state index is 10.2. The third-order valence-corrected chi connectivity index (χ3v) is 4.28. The fourth-order valence-electron chi connectivity index (χ4n) is 2.05. The van der Waals surface area contributed by atoms with Crippen LogP contribution in [-0.2, 0) is 6.54 Å². The van der Waals surface area contributed by atoms with Gasteiger partial charge in [-0.2, -0.15) is 0 Å². The Hall–Kier alpha value is -1.99. The van der Waals surface area contributed by atoms with Crippen molar-refractivity contribution in [1.82, 2.24) is 20.6 Å². The van der Waals surface area contributed by atoms with Gasteiger partial charge in [-0.05, 0) is 30.5 Å². The standard InChI is InChI=1S/C17H25N5OS/c1-4-19-17(20-9-15(23)13-5-7-18-8-6-13)21-10-16-22-14(11-24-16)12(2)3/h5-8,11-12,15,23H,4,9-10H2,1-3H3,(H2,19,20,21). The van der Waals surface area contributed by atoms with Crippen LogP contribution in [0.5, 0.6) is 0 Å². The molecule has 0 aromatic carbocycles. The molecule has 1 unspecified atom stereocenters. The van der Waals surface area contributed by atoms with Crippen LogP contribution in [0, 0.1) is 0 Å². The molecule has 0 fully saturated rings. The molecule has 0 amide bonds. The first-order valence-corrected chi connectivity index (χ1v) is 9.02. The minimum absolute atomic E-state index is 0.380. The van der Waals surface area contributed by atoms with Crippen LogP contribution in [0.15, 0.2) is 34.9 Å². The highest BCUT2D eigenvalue weighted by atomic mass is 32.1. The van der Waals surface area contributed by atoms with Gasteiger partial charge in [0.2, 0.25) is 0 Å². The summed E-state index contributed by atoms with van der Waals surface area (Å²) in [6, 6.07) is 3.61. The van der Waals surface area contributed by atoms with Crippen LogP contribution in [0.25, 0.3) is 0 Å². The van der Waals surface area contributed by atoms with Crippen LogP contribution in [0.3, 0.4) is 0 Å². The Morgan fingerprint density at radius 3 is 2.67 bits per heavy atom. The van der Waals surface area contributed by atoms with Crippen LogP contribution in [0.4, 0.5) is 0 Å². The number of pyridine rings is 1. The summed E-state index contributed by atoms with van der Waals surface area (Å²) in [7, 11) is 0. The average Bonchev–Trinajstić information content (AvgIpc) is 3.07. The Balaban J connectivity index is 1.92. The first-order valence-electron chi connectivity index (χ1n) is 8.14. The lowest BCUT2D eigenvalue weighted by molar-refractivity contribution is 0.180. The predicted octanol–water partition coefficient (Wildman–Crippen LogP) is 2.45. The minimum Gasteiger partial charge on any atom is -0.387 e. The summed E-state index contributed by atoms with van der Waals surface area (Å²) in [5, 5.41) is 19.6. The second-order valence-corrected chi connectivity index (χ2v) is 6.64. The molecule has 0 aliphatic heterocycles. The zero-order valence-corrected chi connectivity index (χ0v) is 15.2. The number of aliphatic hydroxyl groups excluding tert-OH is 1. The molecule has 130 valence electrons. The largest absolute Gasteiger partial charge is 0.387 e. The molecule has 2 aromatic heterocycles. The molecule has 0 radical (unpaired) electrons. The molecule has 6 nitrogen and oxygen atoms in total. The van der Waals surface area contributed by atoms with Crippen molar-refractivity contribution in [2.75, 3.05) is 13.1 Å². The topological polar surface area (TPSA) is 82.4 Å². The van der Waals surface area contributed by atoms with Gasteiger partial charge < -0.3 is 15.7 Å². The van der Waals surface area contributed by atoms with Gasteiger partial charge in [-0.25, -0.2) is 9.98 Å². The van der Waals surface area contributed by atoms with Gasteiger partial charge in [0.05, 0.1) is 18.3 Å². The Morgan fingerprint density at radius 2 is 2.04 bits per heavy atom. The van der Waals surface area contributed by atoms with Gasteiger partial charge in [-0.3, -0.25) is 4.98 Å². The Labute approximate surface area is 147 Å². The second kappa shape index (κ2) is 9.34. The molecule has 7 heteroatoms. The highest BCUT2D eigenvalue weighted by Gasteiger charge is 2.09. The van der Waals surface area contributed by atoms with Gasteiger partial charge in [-0.1, -0.05) is 13.8 Å². The van der Waals surface area contributed by atoms with E-state index in [0.717, 1.165) is 22.8 Å². The number of guanidine groups is 1. The van der Waals surface area contributed by atoms with Crippen LogP contribution in [0.1, 0.15) is 49.1 Å². The molecule has 0 bridgehead atoms. The maximum Gasteiger partial charge on any atom is 0.191 e. The van der Waals surface area contributed by atoms with Crippen LogP contribution in [0.2, 0.25) is 0 Å². The quantitative estimate of drug-likeness (QED) is 0.529. The Morgan fingerprint density at radius 1 is 1.29 bits per heavy atom. The van der Waals surface area contributed by atoms with Crippen LogP contribution in [-0.4, -0.2) is 34.1 Å². The monoisotopic (exact) mass is 347 g/mol. The van der Waals surface area contributed by atoms with E-state index in [2.05, 4.69) is 44.8 Å². The minimum atomic E-state index is -0.607. The first kappa shape index (κ1) is 18.4. The number of aromatic nitrogens is 2. The van der Waals surface area contributed by atoms with E-state index in [4.69, 9.17) is 0 Å². The summed E-state index contributed by atoms with van der Waals surface area (Å²) in [5.41, 5.74) is 1.94. The number of rotatable bonds is 7. The summed E-state index contributed by atoms with van der Waals surface area (Å²) >= 11 is 1.63. The fourth-order valence-corrected chi connectivity index (χ4v) is 2.93. The number of thiazole rings is 1. The smallest absolute Gasteiger partial charge is 0.191 e. The molecule has 1 atom stereocenters. The SMILES string of the molecule is CCNC(=NCc1nc(C(C)C)cs1)NCC(O)c1ccncc1. The number of aliphatic hydroxyl groups is 1. The van der Waals surface area contributed by atoms with Crippen molar-refractivity contribution in [2.24, 2.45) is 4.99 Å². The summed E-state index contributed by atoms with van der Waals surface area (Å²) in [4.78, 5) is 13.1. The second-order valence-electron chi connectivity index (χ2n) is 5.69. The molecule has 0 saturated carbocycles. The summed E-state index contributed by atoms with van der Waals surface area (Å²) in [5.74, 6) is 1.10. The van der Waals surface area contributed by atoms with Gasteiger partial charge in [-0.15, -0.1) is 11.3 Å². The van der Waals surface area contributed by atoms with Gasteiger partial charge in [0.15, 0.2) is 5.96 Å². The summed E-state index contributed by atoms with van der Waals surface area (Å²) < 4.78 is 0. The van der Waals surface area contributed by atoms with Crippen molar-refractivity contribution < 1.29 is 5.11 Å². The summed E-state index contributed by atoms with van der Waals surface area (Å²) in [6.07, 6.45) is 2.74. The van der Waals surface area contributed by atoms with E-state index in [-0.39, 0.29) is 0 Å². The first-order chi connectivity index (χ1) is 11.6. The highest BCUT2D eigenvalue weighted by molar-refractivity contribution is 7.09. The fraction of sp³-hybridized carbons (Fsp3) is 0.471. The Bertz CT molecular complexity index is 641. The van der Waals surface area contributed by atoms with E-state index >= 15 is 0 Å². The number of nitrogens with zero attached hydrogens (tertiary/aromatic N) is 3. The number of nitrogens with one attached hydrogen (secondary N) is 2. The third-order valence-electron chi connectivity index (χ3n) is 3.43. The van der Waals surface area contributed by atoms with Crippen molar-refractivity contribution in [3.63, 3.8) is 0 Å². The summed E-state index contributed by atoms with van der Waals surface area (Å²) in [6.45, 7) is 7.94. The van der Waals surface area contributed by atoms with E-state index < -0.39 is 6.10 Å². The van der Waals surface area contributed by atoms with Gasteiger partial charge in [0.25, 0.3) is 0 Å². The number of hydrogen-bond donors (Lipinski definition) is 3. The third kappa shape index (κ3) is 5.58. The zero-order chi connectivity index (χ0) is 17.4. The van der Waals surface area contributed by atoms with Gasteiger partial charge in [0, 0.05) is 30.9 Å². The zero-order valence-electron chi connectivity index (χ0n) is 14.4. The van der Waals surface area contributed by atoms with E-state index in [9.17, 15) is 5.11 Å². The lowest BCUT2D eigenvalue weighted by atomic mass is 10.1. The molecule has 2 aromatic rings. The Kier molecular flexibility index (Phi) is 7.14. The maximum absolute atomic E-state index is 10.2. The number of aliphatic imine (C=N–C) groups is 1. The van der Waals surface area contributed by atoms with E-state index in [0.29, 0.717) is 25.0 Å². The molecule has 24 heavy (non-hydrogen) atoms. The average molecular weight is 347 g/mol. The molecule has 0 spiro atoms. The molecular formula is C17H25N5OS. The number of hydrogen-bond acceptors (Lipinski definition) is 5. The lowest BCUT2D eigenvalue weighted by Gasteiger charge is -2.15. The van der Waals surface area contributed by atoms with Gasteiger partial charge >= 0.3 is 0 Å². The van der Waals surface area contributed by atoms with Crippen molar-refractivity contribution in [2.45, 2.75) is 39.3 Å². The molecule has 2 rings (SSSR count). The van der Waals surface area contributed by atoms with Crippen LogP contribution >= 0.6 is 11.3 Å². The lowest BCUT2D eigenvalue weighted by Crippen LogP contribution is -2.39. The predicted molar refractivity (Wildman–Crippen MR) is 98.2 cm³/mol. The van der Waals surface area contributed by atoms with E-state index in [1.807, 2.05) is 6.92 Å². The van der Waals surface area contributed by atoms with Crippen LogP contribution < -0.4 is 10.6 Å². The molecular weight excluding hydrogens is 322 g/mol. The van der Waals surface area contributed by atoms with Gasteiger partial charge in [0.1, 0.15) is 5.01 Å². The van der Waals surface area contributed by atoms with Crippen molar-refractivity contribution in [3.8, 4) is 0 Å². The molecule has 0 aliphatic rings. The molecule has 0 saturated heterocycles. The van der Waals surface area contributed by atoms with E-state index in [1.165, 1.54) is 0 Å².